The zero-order chi connectivity index (χ0) is 12.5. The Morgan fingerprint density at radius 3 is 2.44 bits per heavy atom. The van der Waals surface area contributed by atoms with Crippen LogP contribution in [0.4, 0.5) is 0 Å². The fraction of sp³-hybridized carbons (Fsp3) is 0.667. The first-order valence-corrected chi connectivity index (χ1v) is 6.16. The SMILES string of the molecule is CC(=O)/C(C)=C/C1=C(C)C(C)CCC1(C)C. The molecular formula is C15H24O. The molecule has 0 amide bonds. The predicted molar refractivity (Wildman–Crippen MR) is 69.3 cm³/mol. The molecule has 0 aromatic carbocycles. The van der Waals surface area contributed by atoms with Gasteiger partial charge in [-0.25, -0.2) is 0 Å². The van der Waals surface area contributed by atoms with Crippen molar-refractivity contribution in [2.24, 2.45) is 11.3 Å². The van der Waals surface area contributed by atoms with Crippen LogP contribution in [0.15, 0.2) is 22.8 Å². The first-order valence-electron chi connectivity index (χ1n) is 6.16. The van der Waals surface area contributed by atoms with E-state index >= 15 is 0 Å². The fourth-order valence-electron chi connectivity index (χ4n) is 2.36. The maximum absolute atomic E-state index is 11.3. The first kappa shape index (κ1) is 13.2. The minimum absolute atomic E-state index is 0.175. The number of ketones is 1. The topological polar surface area (TPSA) is 17.1 Å². The van der Waals surface area contributed by atoms with Crippen LogP contribution in [0.25, 0.3) is 0 Å². The van der Waals surface area contributed by atoms with Crippen molar-refractivity contribution in [2.45, 2.75) is 54.4 Å². The lowest BCUT2D eigenvalue weighted by molar-refractivity contribution is -0.113. The third-order valence-electron chi connectivity index (χ3n) is 4.01. The Labute approximate surface area is 99.6 Å². The first-order chi connectivity index (χ1) is 7.25. The van der Waals surface area contributed by atoms with Crippen molar-refractivity contribution in [3.8, 4) is 0 Å². The Kier molecular flexibility index (Phi) is 3.77. The molecule has 90 valence electrons. The van der Waals surface area contributed by atoms with Crippen LogP contribution in [0.3, 0.4) is 0 Å². The lowest BCUT2D eigenvalue weighted by Crippen LogP contribution is -2.23. The lowest BCUT2D eigenvalue weighted by atomic mass is 9.69. The molecule has 0 aromatic rings. The quantitative estimate of drug-likeness (QED) is 0.634. The van der Waals surface area contributed by atoms with Crippen molar-refractivity contribution in [3.63, 3.8) is 0 Å². The maximum Gasteiger partial charge on any atom is 0.155 e. The summed E-state index contributed by atoms with van der Waals surface area (Å²) in [5, 5.41) is 0. The summed E-state index contributed by atoms with van der Waals surface area (Å²) in [6.07, 6.45) is 4.57. The molecule has 0 aliphatic heterocycles. The molecule has 1 heteroatoms. The average molecular weight is 220 g/mol. The van der Waals surface area contributed by atoms with Crippen LogP contribution in [0.1, 0.15) is 54.4 Å². The van der Waals surface area contributed by atoms with E-state index in [4.69, 9.17) is 0 Å². The van der Waals surface area contributed by atoms with Gasteiger partial charge in [0.2, 0.25) is 0 Å². The molecule has 16 heavy (non-hydrogen) atoms. The van der Waals surface area contributed by atoms with Gasteiger partial charge in [0.15, 0.2) is 5.78 Å². The summed E-state index contributed by atoms with van der Waals surface area (Å²) in [6, 6.07) is 0. The van der Waals surface area contributed by atoms with Gasteiger partial charge in [-0.15, -0.1) is 0 Å². The average Bonchev–Trinajstić information content (AvgIpc) is 2.18. The minimum Gasteiger partial charge on any atom is -0.295 e. The van der Waals surface area contributed by atoms with Crippen LogP contribution >= 0.6 is 0 Å². The van der Waals surface area contributed by atoms with E-state index in [1.165, 1.54) is 24.0 Å². The van der Waals surface area contributed by atoms with Gasteiger partial charge in [-0.2, -0.15) is 0 Å². The van der Waals surface area contributed by atoms with Crippen molar-refractivity contribution in [1.82, 2.24) is 0 Å². The van der Waals surface area contributed by atoms with E-state index in [9.17, 15) is 4.79 Å². The minimum atomic E-state index is 0.175. The molecule has 0 saturated carbocycles. The van der Waals surface area contributed by atoms with Crippen molar-refractivity contribution in [2.75, 3.05) is 0 Å². The second-order valence-corrected chi connectivity index (χ2v) is 5.80. The Balaban J connectivity index is 3.20. The van der Waals surface area contributed by atoms with Gasteiger partial charge in [0.1, 0.15) is 0 Å². The van der Waals surface area contributed by atoms with Crippen molar-refractivity contribution >= 4 is 5.78 Å². The summed E-state index contributed by atoms with van der Waals surface area (Å²) < 4.78 is 0. The Hall–Kier alpha value is -0.850. The molecule has 0 bridgehead atoms. The molecule has 0 fully saturated rings. The summed E-state index contributed by atoms with van der Waals surface area (Å²) in [5.74, 6) is 0.827. The predicted octanol–water partition coefficient (Wildman–Crippen LogP) is 4.29. The van der Waals surface area contributed by atoms with Crippen molar-refractivity contribution < 1.29 is 4.79 Å². The van der Waals surface area contributed by atoms with E-state index in [1.54, 1.807) is 6.92 Å². The third kappa shape index (κ3) is 2.63. The van der Waals surface area contributed by atoms with Gasteiger partial charge in [0, 0.05) is 0 Å². The molecule has 0 aromatic heterocycles. The number of rotatable bonds is 2. The summed E-state index contributed by atoms with van der Waals surface area (Å²) in [5.41, 5.74) is 3.92. The number of Topliss-reactive ketones (excluding diaryl/α,β-unsaturated/α-hetero) is 1. The monoisotopic (exact) mass is 220 g/mol. The molecule has 0 spiro atoms. The highest BCUT2D eigenvalue weighted by Gasteiger charge is 2.30. The van der Waals surface area contributed by atoms with Crippen LogP contribution in [0.2, 0.25) is 0 Å². The number of carbonyl (C=O) groups is 1. The molecule has 0 saturated heterocycles. The number of hydrogen-bond acceptors (Lipinski definition) is 1. The third-order valence-corrected chi connectivity index (χ3v) is 4.01. The molecule has 0 heterocycles. The molecule has 1 atom stereocenters. The summed E-state index contributed by atoms with van der Waals surface area (Å²) in [4.78, 5) is 11.3. The van der Waals surface area contributed by atoms with Crippen LogP contribution in [0, 0.1) is 11.3 Å². The van der Waals surface area contributed by atoms with Gasteiger partial charge in [0.05, 0.1) is 0 Å². The van der Waals surface area contributed by atoms with Gasteiger partial charge in [-0.1, -0.05) is 32.4 Å². The highest BCUT2D eigenvalue weighted by Crippen LogP contribution is 2.43. The molecule has 1 aliphatic carbocycles. The Bertz CT molecular complexity index is 356. The Morgan fingerprint density at radius 2 is 1.94 bits per heavy atom. The van der Waals surface area contributed by atoms with Crippen molar-refractivity contribution in [1.29, 1.82) is 0 Å². The smallest absolute Gasteiger partial charge is 0.155 e. The second kappa shape index (κ2) is 4.57. The van der Waals surface area contributed by atoms with Gasteiger partial charge >= 0.3 is 0 Å². The van der Waals surface area contributed by atoms with E-state index in [-0.39, 0.29) is 11.2 Å². The zero-order valence-corrected chi connectivity index (χ0v) is 11.5. The van der Waals surface area contributed by atoms with E-state index in [1.807, 2.05) is 6.92 Å². The summed E-state index contributed by atoms with van der Waals surface area (Å²) in [6.45, 7) is 12.6. The van der Waals surface area contributed by atoms with Gasteiger partial charge in [0.25, 0.3) is 0 Å². The largest absolute Gasteiger partial charge is 0.295 e. The van der Waals surface area contributed by atoms with Crippen LogP contribution in [-0.4, -0.2) is 5.78 Å². The van der Waals surface area contributed by atoms with Crippen LogP contribution < -0.4 is 0 Å². The van der Waals surface area contributed by atoms with E-state index in [0.29, 0.717) is 5.92 Å². The van der Waals surface area contributed by atoms with E-state index in [0.717, 1.165) is 5.57 Å². The van der Waals surface area contributed by atoms with E-state index in [2.05, 4.69) is 33.8 Å². The fourth-order valence-corrected chi connectivity index (χ4v) is 2.36. The summed E-state index contributed by atoms with van der Waals surface area (Å²) in [7, 11) is 0. The summed E-state index contributed by atoms with van der Waals surface area (Å²) >= 11 is 0. The normalized spacial score (nSPS) is 25.9. The van der Waals surface area contributed by atoms with E-state index < -0.39 is 0 Å². The molecular weight excluding hydrogens is 196 g/mol. The highest BCUT2D eigenvalue weighted by atomic mass is 16.1. The van der Waals surface area contributed by atoms with Gasteiger partial charge in [-0.05, 0) is 56.1 Å². The molecule has 1 nitrogen and oxygen atoms in total. The number of allylic oxidation sites excluding steroid dienone is 4. The van der Waals surface area contributed by atoms with Crippen molar-refractivity contribution in [3.05, 3.63) is 22.8 Å². The molecule has 1 unspecified atom stereocenters. The van der Waals surface area contributed by atoms with Gasteiger partial charge in [-0.3, -0.25) is 4.79 Å². The lowest BCUT2D eigenvalue weighted by Gasteiger charge is -2.36. The number of hydrogen-bond donors (Lipinski definition) is 0. The molecule has 0 radical (unpaired) electrons. The molecule has 0 N–H and O–H groups in total. The van der Waals surface area contributed by atoms with Gasteiger partial charge < -0.3 is 0 Å². The maximum atomic E-state index is 11.3. The molecule has 1 aliphatic rings. The van der Waals surface area contributed by atoms with Crippen LogP contribution in [0.5, 0.6) is 0 Å². The number of carbonyl (C=O) groups excluding carboxylic acids is 1. The standard InChI is InChI=1S/C15H24O/c1-10-7-8-15(5,6)14(12(10)3)9-11(2)13(4)16/h9-10H,7-8H2,1-6H3/b11-9+. The Morgan fingerprint density at radius 1 is 1.38 bits per heavy atom. The highest BCUT2D eigenvalue weighted by molar-refractivity contribution is 5.93. The molecule has 1 rings (SSSR count). The zero-order valence-electron chi connectivity index (χ0n) is 11.5. The second-order valence-electron chi connectivity index (χ2n) is 5.80. The van der Waals surface area contributed by atoms with Crippen LogP contribution in [-0.2, 0) is 4.79 Å².